The van der Waals surface area contributed by atoms with E-state index in [1.54, 1.807) is 24.6 Å². The summed E-state index contributed by atoms with van der Waals surface area (Å²) in [4.78, 5) is 8.89. The van der Waals surface area contributed by atoms with E-state index < -0.39 is 0 Å². The number of nitrogens with zero attached hydrogens (tertiary/aromatic N) is 4. The molecule has 0 radical (unpaired) electrons. The fourth-order valence-corrected chi connectivity index (χ4v) is 2.98. The highest BCUT2D eigenvalue weighted by Gasteiger charge is 2.05. The van der Waals surface area contributed by atoms with Gasteiger partial charge in [-0.3, -0.25) is 9.67 Å². The van der Waals surface area contributed by atoms with E-state index >= 15 is 0 Å². The summed E-state index contributed by atoms with van der Waals surface area (Å²) < 4.78 is 1.94. The Kier molecular flexibility index (Phi) is 9.92. The van der Waals surface area contributed by atoms with Crippen LogP contribution in [0.3, 0.4) is 0 Å². The third kappa shape index (κ3) is 7.16. The second-order valence-corrected chi connectivity index (χ2v) is 6.52. The maximum absolute atomic E-state index is 4.64. The van der Waals surface area contributed by atoms with Crippen molar-refractivity contribution < 1.29 is 0 Å². The Bertz CT molecular complexity index is 593. The zero-order valence-electron chi connectivity index (χ0n) is 14.5. The van der Waals surface area contributed by atoms with Crippen molar-refractivity contribution in [2.45, 2.75) is 39.2 Å². The molecule has 0 fully saturated rings. The Labute approximate surface area is 165 Å². The van der Waals surface area contributed by atoms with Gasteiger partial charge in [-0.2, -0.15) is 5.10 Å². The van der Waals surface area contributed by atoms with E-state index in [4.69, 9.17) is 0 Å². The third-order valence-corrected chi connectivity index (χ3v) is 4.57. The zero-order valence-corrected chi connectivity index (χ0v) is 17.7. The molecular formula is C16H27IN6S. The topological polar surface area (TPSA) is 67.1 Å². The quantitative estimate of drug-likeness (QED) is 0.274. The first kappa shape index (κ1) is 20.9. The van der Waals surface area contributed by atoms with Crippen molar-refractivity contribution in [1.82, 2.24) is 25.4 Å². The number of aromatic nitrogens is 3. The summed E-state index contributed by atoms with van der Waals surface area (Å²) in [5.41, 5.74) is 1.15. The minimum atomic E-state index is 0. The molecule has 24 heavy (non-hydrogen) atoms. The average molecular weight is 462 g/mol. The molecule has 0 saturated carbocycles. The number of hydrogen-bond acceptors (Lipinski definition) is 4. The first-order chi connectivity index (χ1) is 11.2. The van der Waals surface area contributed by atoms with Crippen LogP contribution in [-0.2, 0) is 13.0 Å². The van der Waals surface area contributed by atoms with Gasteiger partial charge in [0.2, 0.25) is 0 Å². The molecule has 0 aliphatic carbocycles. The Balaban J connectivity index is 0.00000288. The molecule has 0 atom stereocenters. The highest BCUT2D eigenvalue weighted by Crippen LogP contribution is 2.19. The van der Waals surface area contributed by atoms with Crippen LogP contribution in [0, 0.1) is 0 Å². The van der Waals surface area contributed by atoms with Crippen LogP contribution in [0.2, 0.25) is 0 Å². The van der Waals surface area contributed by atoms with Gasteiger partial charge in [0.15, 0.2) is 5.96 Å². The first-order valence-electron chi connectivity index (χ1n) is 8.05. The normalized spacial score (nSPS) is 11.4. The number of halogens is 1. The van der Waals surface area contributed by atoms with Crippen LogP contribution in [0.4, 0.5) is 0 Å². The average Bonchev–Trinajstić information content (AvgIpc) is 3.21. The van der Waals surface area contributed by atoms with E-state index in [1.165, 1.54) is 5.01 Å². The van der Waals surface area contributed by atoms with Crippen LogP contribution in [0.5, 0.6) is 0 Å². The van der Waals surface area contributed by atoms with Gasteiger partial charge < -0.3 is 10.6 Å². The predicted octanol–water partition coefficient (Wildman–Crippen LogP) is 2.88. The Morgan fingerprint density at radius 3 is 2.75 bits per heavy atom. The predicted molar refractivity (Wildman–Crippen MR) is 112 cm³/mol. The lowest BCUT2D eigenvalue weighted by Gasteiger charge is -2.11. The molecule has 0 aliphatic heterocycles. The van der Waals surface area contributed by atoms with Crippen molar-refractivity contribution >= 4 is 41.3 Å². The number of rotatable bonds is 8. The molecule has 0 bridgehead atoms. The first-order valence-corrected chi connectivity index (χ1v) is 8.93. The molecule has 2 N–H and O–H groups in total. The van der Waals surface area contributed by atoms with E-state index in [9.17, 15) is 0 Å². The summed E-state index contributed by atoms with van der Waals surface area (Å²) in [7, 11) is 1.79. The van der Waals surface area contributed by atoms with Gasteiger partial charge in [-0.05, 0) is 12.5 Å². The molecule has 0 unspecified atom stereocenters. The lowest BCUT2D eigenvalue weighted by atomic mass is 10.2. The van der Waals surface area contributed by atoms with Crippen LogP contribution in [0.25, 0.3) is 0 Å². The van der Waals surface area contributed by atoms with Gasteiger partial charge in [0.05, 0.1) is 10.7 Å². The van der Waals surface area contributed by atoms with Crippen molar-refractivity contribution in [3.05, 3.63) is 34.5 Å². The van der Waals surface area contributed by atoms with Gasteiger partial charge in [0.1, 0.15) is 0 Å². The molecular weight excluding hydrogens is 435 g/mol. The molecule has 2 rings (SSSR count). The Morgan fingerprint density at radius 2 is 2.12 bits per heavy atom. The second kappa shape index (κ2) is 11.4. The van der Waals surface area contributed by atoms with Gasteiger partial charge in [-0.25, -0.2) is 4.98 Å². The number of hydrogen-bond donors (Lipinski definition) is 2. The second-order valence-electron chi connectivity index (χ2n) is 5.63. The zero-order chi connectivity index (χ0) is 16.5. The lowest BCUT2D eigenvalue weighted by molar-refractivity contribution is 0.570. The van der Waals surface area contributed by atoms with Gasteiger partial charge in [-0.15, -0.1) is 35.3 Å². The van der Waals surface area contributed by atoms with Crippen LogP contribution < -0.4 is 10.6 Å². The van der Waals surface area contributed by atoms with Crippen molar-refractivity contribution in [2.75, 3.05) is 20.1 Å². The minimum absolute atomic E-state index is 0. The van der Waals surface area contributed by atoms with E-state index in [0.29, 0.717) is 5.92 Å². The third-order valence-electron chi connectivity index (χ3n) is 3.38. The van der Waals surface area contributed by atoms with Gasteiger partial charge >= 0.3 is 0 Å². The van der Waals surface area contributed by atoms with Crippen LogP contribution in [-0.4, -0.2) is 40.9 Å². The SMILES string of the molecule is CN=C(NCCCn1cccn1)NCCc1csc(C(C)C)n1.I. The van der Waals surface area contributed by atoms with Crippen molar-refractivity contribution in [3.63, 3.8) is 0 Å². The molecule has 0 saturated heterocycles. The van der Waals surface area contributed by atoms with Crippen molar-refractivity contribution in [2.24, 2.45) is 4.99 Å². The van der Waals surface area contributed by atoms with E-state index in [-0.39, 0.29) is 24.0 Å². The largest absolute Gasteiger partial charge is 0.356 e. The van der Waals surface area contributed by atoms with Gasteiger partial charge in [-0.1, -0.05) is 13.8 Å². The van der Waals surface area contributed by atoms with Crippen LogP contribution in [0.15, 0.2) is 28.8 Å². The highest BCUT2D eigenvalue weighted by molar-refractivity contribution is 14.0. The van der Waals surface area contributed by atoms with Gasteiger partial charge in [0.25, 0.3) is 0 Å². The number of aliphatic imine (C=N–C) groups is 1. The Hall–Kier alpha value is -1.16. The number of thiazole rings is 1. The van der Waals surface area contributed by atoms with Gasteiger partial charge in [0, 0.05) is 56.8 Å². The molecule has 2 heterocycles. The summed E-state index contributed by atoms with van der Waals surface area (Å²) in [6.45, 7) is 6.97. The van der Waals surface area contributed by atoms with E-state index in [1.807, 2.05) is 16.9 Å². The molecule has 0 spiro atoms. The number of aryl methyl sites for hydroxylation is 1. The molecule has 0 amide bonds. The number of guanidine groups is 1. The summed E-state index contributed by atoms with van der Waals surface area (Å²) in [6.07, 6.45) is 5.70. The molecule has 8 heteroatoms. The van der Waals surface area contributed by atoms with Crippen LogP contribution >= 0.6 is 35.3 Å². The standard InChI is InChI=1S/C16H26N6S.HI/c1-13(2)15-21-14(12-23-15)6-9-19-16(17-3)18-7-4-10-22-11-5-8-20-22;/h5,8,11-13H,4,6-7,9-10H2,1-3H3,(H2,17,18,19);1H. The highest BCUT2D eigenvalue weighted by atomic mass is 127. The van der Waals surface area contributed by atoms with Crippen LogP contribution in [0.1, 0.15) is 36.9 Å². The maximum Gasteiger partial charge on any atom is 0.190 e. The molecule has 2 aromatic heterocycles. The number of nitrogens with one attached hydrogen (secondary N) is 2. The monoisotopic (exact) mass is 462 g/mol. The summed E-state index contributed by atoms with van der Waals surface area (Å²) in [6, 6.07) is 1.94. The van der Waals surface area contributed by atoms with Crippen molar-refractivity contribution in [3.8, 4) is 0 Å². The lowest BCUT2D eigenvalue weighted by Crippen LogP contribution is -2.39. The van der Waals surface area contributed by atoms with E-state index in [0.717, 1.165) is 44.1 Å². The fraction of sp³-hybridized carbons (Fsp3) is 0.562. The van der Waals surface area contributed by atoms with E-state index in [2.05, 4.69) is 44.9 Å². The fourth-order valence-electron chi connectivity index (χ4n) is 2.11. The summed E-state index contributed by atoms with van der Waals surface area (Å²) >= 11 is 1.74. The smallest absolute Gasteiger partial charge is 0.190 e. The molecule has 0 aliphatic rings. The minimum Gasteiger partial charge on any atom is -0.356 e. The Morgan fingerprint density at radius 1 is 1.33 bits per heavy atom. The molecule has 134 valence electrons. The summed E-state index contributed by atoms with van der Waals surface area (Å²) in [5.74, 6) is 1.34. The maximum atomic E-state index is 4.64. The molecule has 6 nitrogen and oxygen atoms in total. The van der Waals surface area contributed by atoms with Crippen molar-refractivity contribution in [1.29, 1.82) is 0 Å². The molecule has 0 aromatic carbocycles. The molecule has 2 aromatic rings. The summed E-state index contributed by atoms with van der Waals surface area (Å²) in [5, 5.41) is 14.2.